The first-order valence-corrected chi connectivity index (χ1v) is 10.6. The average molecular weight is 444 g/mol. The molecule has 9 heteroatoms. The minimum Gasteiger partial charge on any atom is -0.493 e. The van der Waals surface area contributed by atoms with Gasteiger partial charge in [0.15, 0.2) is 23.0 Å². The van der Waals surface area contributed by atoms with E-state index >= 15 is 0 Å². The molecule has 168 valence electrons. The van der Waals surface area contributed by atoms with Crippen LogP contribution in [0.15, 0.2) is 48.7 Å². The lowest BCUT2D eigenvalue weighted by Gasteiger charge is -2.29. The van der Waals surface area contributed by atoms with Crippen molar-refractivity contribution >= 4 is 22.8 Å². The molecule has 1 saturated heterocycles. The third kappa shape index (κ3) is 3.81. The summed E-state index contributed by atoms with van der Waals surface area (Å²) < 4.78 is 18.1. The molecule has 2 aromatic carbocycles. The fourth-order valence-electron chi connectivity index (χ4n) is 4.04. The predicted molar refractivity (Wildman–Crippen MR) is 126 cm³/mol. The molecule has 33 heavy (non-hydrogen) atoms. The number of nitrogens with zero attached hydrogens (tertiary/aromatic N) is 4. The Morgan fingerprint density at radius 3 is 2.67 bits per heavy atom. The van der Waals surface area contributed by atoms with E-state index in [0.717, 1.165) is 54.8 Å². The maximum absolute atomic E-state index is 9.53. The summed E-state index contributed by atoms with van der Waals surface area (Å²) in [6, 6.07) is 16.1. The number of methoxy groups -OCH3 is 2. The highest BCUT2D eigenvalue weighted by Gasteiger charge is 2.20. The van der Waals surface area contributed by atoms with Crippen LogP contribution in [-0.4, -0.2) is 55.1 Å². The topological polar surface area (TPSA) is 99.8 Å². The zero-order valence-corrected chi connectivity index (χ0v) is 18.5. The van der Waals surface area contributed by atoms with E-state index in [4.69, 9.17) is 19.2 Å². The second kappa shape index (κ2) is 8.76. The summed E-state index contributed by atoms with van der Waals surface area (Å²) in [4.78, 5) is 7.12. The molecule has 0 radical (unpaired) electrons. The zero-order chi connectivity index (χ0) is 22.8. The van der Waals surface area contributed by atoms with Crippen molar-refractivity contribution in [1.29, 1.82) is 5.26 Å². The molecule has 0 spiro atoms. The molecule has 2 aromatic heterocycles. The van der Waals surface area contributed by atoms with Crippen LogP contribution in [0.2, 0.25) is 0 Å². The second-order valence-corrected chi connectivity index (χ2v) is 7.61. The first-order chi connectivity index (χ1) is 16.2. The summed E-state index contributed by atoms with van der Waals surface area (Å²) in [5.74, 6) is 1.98. The standard InChI is InChI=1S/C24H24N6O3/c1-31-20-7-6-18(13-21(20)32-2)27-24-22(28-23-17(14-25)15-26-30(23)24)16-4-3-5-19(12-16)29-8-10-33-11-9-29/h3-7,12-13,15,26-27H,8-11H2,1-2H3. The molecule has 2 N–H and O–H groups in total. The Bertz CT molecular complexity index is 1330. The van der Waals surface area contributed by atoms with Gasteiger partial charge in [0, 0.05) is 42.3 Å². The number of fused-ring (bicyclic) bond motifs is 1. The van der Waals surface area contributed by atoms with Crippen LogP contribution in [-0.2, 0) is 4.74 Å². The average Bonchev–Trinajstić information content (AvgIpc) is 3.44. The molecule has 0 amide bonds. The zero-order valence-electron chi connectivity index (χ0n) is 18.5. The van der Waals surface area contributed by atoms with E-state index in [-0.39, 0.29) is 0 Å². The van der Waals surface area contributed by atoms with Crippen molar-refractivity contribution in [2.45, 2.75) is 0 Å². The molecule has 0 saturated carbocycles. The van der Waals surface area contributed by atoms with Crippen molar-refractivity contribution in [1.82, 2.24) is 14.6 Å². The number of rotatable bonds is 6. The van der Waals surface area contributed by atoms with E-state index in [1.165, 1.54) is 0 Å². The number of benzene rings is 2. The van der Waals surface area contributed by atoms with E-state index in [9.17, 15) is 5.26 Å². The molecule has 3 heterocycles. The molecule has 0 bridgehead atoms. The molecule has 9 nitrogen and oxygen atoms in total. The van der Waals surface area contributed by atoms with Crippen LogP contribution in [0.1, 0.15) is 5.56 Å². The number of aromatic amines is 1. The van der Waals surface area contributed by atoms with Crippen molar-refractivity contribution < 1.29 is 14.2 Å². The van der Waals surface area contributed by atoms with Gasteiger partial charge in [-0.25, -0.2) is 9.50 Å². The van der Waals surface area contributed by atoms with Crippen molar-refractivity contribution in [3.63, 3.8) is 0 Å². The third-order valence-electron chi connectivity index (χ3n) is 5.72. The second-order valence-electron chi connectivity index (χ2n) is 7.61. The maximum atomic E-state index is 9.53. The molecule has 0 aliphatic carbocycles. The summed E-state index contributed by atoms with van der Waals surface area (Å²) in [5, 5.41) is 16.1. The molecule has 1 fully saturated rings. The normalized spacial score (nSPS) is 13.7. The monoisotopic (exact) mass is 444 g/mol. The molecule has 1 aliphatic rings. The minimum absolute atomic E-state index is 0.473. The Hall–Kier alpha value is -4.16. The minimum atomic E-state index is 0.473. The fraction of sp³-hybridized carbons (Fsp3) is 0.250. The van der Waals surface area contributed by atoms with Crippen LogP contribution in [0.4, 0.5) is 17.2 Å². The maximum Gasteiger partial charge on any atom is 0.173 e. The molecule has 0 atom stereocenters. The van der Waals surface area contributed by atoms with Gasteiger partial charge in [0.25, 0.3) is 0 Å². The highest BCUT2D eigenvalue weighted by atomic mass is 16.5. The summed E-state index contributed by atoms with van der Waals surface area (Å²) in [6.07, 6.45) is 1.65. The quantitative estimate of drug-likeness (QED) is 0.467. The van der Waals surface area contributed by atoms with Gasteiger partial charge in [-0.1, -0.05) is 12.1 Å². The van der Waals surface area contributed by atoms with Crippen LogP contribution in [0.5, 0.6) is 11.5 Å². The summed E-state index contributed by atoms with van der Waals surface area (Å²) in [7, 11) is 3.21. The van der Waals surface area contributed by atoms with E-state index in [1.54, 1.807) is 24.9 Å². The molecule has 5 rings (SSSR count). The summed E-state index contributed by atoms with van der Waals surface area (Å²) >= 11 is 0. The van der Waals surface area contributed by atoms with E-state index in [2.05, 4.69) is 33.5 Å². The van der Waals surface area contributed by atoms with Gasteiger partial charge in [0.05, 0.1) is 27.4 Å². The summed E-state index contributed by atoms with van der Waals surface area (Å²) in [5.41, 5.74) is 4.64. The SMILES string of the molecule is COc1ccc(Nc2c(-c3cccc(N4CCOCC4)c3)nc3c(C#N)c[nH]n23)cc1OC. The number of ether oxygens (including phenoxy) is 3. The van der Waals surface area contributed by atoms with Gasteiger partial charge in [-0.3, -0.25) is 5.10 Å². The number of nitrogens with one attached hydrogen (secondary N) is 2. The molecular formula is C24H24N6O3. The lowest BCUT2D eigenvalue weighted by atomic mass is 10.1. The number of H-pyrrole nitrogens is 1. The van der Waals surface area contributed by atoms with E-state index < -0.39 is 0 Å². The van der Waals surface area contributed by atoms with Crippen molar-refractivity contribution in [3.8, 4) is 28.8 Å². The Kier molecular flexibility index (Phi) is 5.50. The predicted octanol–water partition coefficient (Wildman–Crippen LogP) is 3.80. The molecule has 4 aromatic rings. The van der Waals surface area contributed by atoms with Gasteiger partial charge in [-0.05, 0) is 24.3 Å². The number of aromatic nitrogens is 3. The van der Waals surface area contributed by atoms with Crippen LogP contribution >= 0.6 is 0 Å². The number of anilines is 3. The van der Waals surface area contributed by atoms with Crippen molar-refractivity contribution in [2.75, 3.05) is 50.7 Å². The van der Waals surface area contributed by atoms with Gasteiger partial charge in [-0.2, -0.15) is 5.26 Å². The van der Waals surface area contributed by atoms with Gasteiger partial charge < -0.3 is 24.4 Å². The lowest BCUT2D eigenvalue weighted by molar-refractivity contribution is 0.122. The smallest absolute Gasteiger partial charge is 0.173 e. The van der Waals surface area contributed by atoms with Crippen molar-refractivity contribution in [2.24, 2.45) is 0 Å². The summed E-state index contributed by atoms with van der Waals surface area (Å²) in [6.45, 7) is 3.14. The van der Waals surface area contributed by atoms with Crippen molar-refractivity contribution in [3.05, 3.63) is 54.2 Å². The first-order valence-electron chi connectivity index (χ1n) is 10.6. The first kappa shape index (κ1) is 20.7. The van der Waals surface area contributed by atoms with E-state index in [1.807, 2.05) is 30.3 Å². The van der Waals surface area contributed by atoms with Crippen LogP contribution in [0.25, 0.3) is 16.9 Å². The van der Waals surface area contributed by atoms with Crippen LogP contribution in [0, 0.1) is 11.3 Å². The number of morpholine rings is 1. The molecule has 0 unspecified atom stereocenters. The Morgan fingerprint density at radius 1 is 1.09 bits per heavy atom. The Morgan fingerprint density at radius 2 is 1.91 bits per heavy atom. The Balaban J connectivity index is 1.59. The highest BCUT2D eigenvalue weighted by molar-refractivity contribution is 5.82. The third-order valence-corrected chi connectivity index (χ3v) is 5.72. The number of imidazole rings is 1. The number of nitriles is 1. The molecular weight excluding hydrogens is 420 g/mol. The van der Waals surface area contributed by atoms with Gasteiger partial charge >= 0.3 is 0 Å². The Labute approximate surface area is 191 Å². The largest absolute Gasteiger partial charge is 0.493 e. The van der Waals surface area contributed by atoms with Gasteiger partial charge in [0.2, 0.25) is 0 Å². The van der Waals surface area contributed by atoms with Gasteiger partial charge in [0.1, 0.15) is 17.3 Å². The van der Waals surface area contributed by atoms with Crippen LogP contribution < -0.4 is 19.7 Å². The van der Waals surface area contributed by atoms with Crippen LogP contribution in [0.3, 0.4) is 0 Å². The fourth-order valence-corrected chi connectivity index (χ4v) is 4.04. The number of hydrogen-bond donors (Lipinski definition) is 2. The van der Waals surface area contributed by atoms with Gasteiger partial charge in [-0.15, -0.1) is 0 Å². The number of hydrogen-bond acceptors (Lipinski definition) is 7. The van der Waals surface area contributed by atoms with E-state index in [0.29, 0.717) is 22.7 Å². The highest BCUT2D eigenvalue weighted by Crippen LogP contribution is 2.36. The molecule has 1 aliphatic heterocycles. The lowest BCUT2D eigenvalue weighted by Crippen LogP contribution is -2.36.